The van der Waals surface area contributed by atoms with E-state index in [0.29, 0.717) is 13.1 Å². The molecule has 0 bridgehead atoms. The zero-order chi connectivity index (χ0) is 22.3. The molecule has 0 N–H and O–H groups in total. The van der Waals surface area contributed by atoms with Crippen molar-refractivity contribution in [1.29, 1.82) is 0 Å². The summed E-state index contributed by atoms with van der Waals surface area (Å²) in [5.74, 6) is 0.419. The van der Waals surface area contributed by atoms with E-state index in [1.165, 1.54) is 0 Å². The van der Waals surface area contributed by atoms with Crippen molar-refractivity contribution >= 4 is 12.0 Å². The molecule has 2 unspecified atom stereocenters. The highest BCUT2D eigenvalue weighted by Gasteiger charge is 2.33. The topological polar surface area (TPSA) is 53.1 Å². The van der Waals surface area contributed by atoms with Crippen molar-refractivity contribution < 1.29 is 14.3 Å². The van der Waals surface area contributed by atoms with Crippen LogP contribution in [-0.4, -0.2) is 72.1 Å². The van der Waals surface area contributed by atoms with Gasteiger partial charge in [-0.25, -0.2) is 4.79 Å². The molecule has 1 saturated heterocycles. The Labute approximate surface area is 182 Å². The number of carbonyl (C=O) groups excluding carboxylic acids is 2. The Morgan fingerprint density at radius 1 is 1.17 bits per heavy atom. The van der Waals surface area contributed by atoms with E-state index in [4.69, 9.17) is 4.74 Å². The minimum atomic E-state index is -0.507. The van der Waals surface area contributed by atoms with Gasteiger partial charge < -0.3 is 14.5 Å². The first-order chi connectivity index (χ1) is 14.2. The van der Waals surface area contributed by atoms with Crippen LogP contribution in [0.4, 0.5) is 4.79 Å². The molecule has 1 aromatic rings. The third-order valence-corrected chi connectivity index (χ3v) is 5.59. The molecule has 6 nitrogen and oxygen atoms in total. The second-order valence-corrected chi connectivity index (χ2v) is 9.19. The minimum Gasteiger partial charge on any atom is -0.444 e. The van der Waals surface area contributed by atoms with Crippen LogP contribution in [0.2, 0.25) is 0 Å². The summed E-state index contributed by atoms with van der Waals surface area (Å²) in [6.07, 6.45) is 1.66. The van der Waals surface area contributed by atoms with Gasteiger partial charge >= 0.3 is 6.09 Å². The van der Waals surface area contributed by atoms with Gasteiger partial charge in [-0.3, -0.25) is 9.69 Å². The number of likely N-dealkylation sites (tertiary alicyclic amines) is 1. The maximum Gasteiger partial charge on any atom is 0.410 e. The number of hydrogen-bond acceptors (Lipinski definition) is 4. The molecular weight excluding hydrogens is 378 g/mol. The summed E-state index contributed by atoms with van der Waals surface area (Å²) < 4.78 is 5.47. The van der Waals surface area contributed by atoms with Crippen LogP contribution < -0.4 is 0 Å². The van der Waals surface area contributed by atoms with Crippen LogP contribution in [0.1, 0.15) is 59.1 Å². The van der Waals surface area contributed by atoms with Crippen molar-refractivity contribution in [3.8, 4) is 0 Å². The van der Waals surface area contributed by atoms with Gasteiger partial charge in [0, 0.05) is 26.7 Å². The fraction of sp³-hybridized carbons (Fsp3) is 0.667. The molecule has 0 spiro atoms. The van der Waals surface area contributed by atoms with Gasteiger partial charge in [0.1, 0.15) is 11.6 Å². The van der Waals surface area contributed by atoms with Crippen molar-refractivity contribution in [3.05, 3.63) is 35.9 Å². The molecule has 2 amide bonds. The van der Waals surface area contributed by atoms with Gasteiger partial charge in [-0.15, -0.1) is 0 Å². The molecule has 0 radical (unpaired) electrons. The van der Waals surface area contributed by atoms with E-state index < -0.39 is 5.60 Å². The Morgan fingerprint density at radius 2 is 1.80 bits per heavy atom. The van der Waals surface area contributed by atoms with E-state index in [1.54, 1.807) is 11.9 Å². The number of piperidine rings is 1. The van der Waals surface area contributed by atoms with E-state index in [-0.39, 0.29) is 24.0 Å². The molecule has 0 aliphatic carbocycles. The number of benzene rings is 1. The first kappa shape index (κ1) is 24.2. The fourth-order valence-electron chi connectivity index (χ4n) is 4.12. The maximum absolute atomic E-state index is 13.6. The van der Waals surface area contributed by atoms with Gasteiger partial charge in [-0.05, 0) is 58.2 Å². The fourth-order valence-corrected chi connectivity index (χ4v) is 4.12. The van der Waals surface area contributed by atoms with Gasteiger partial charge in [0.05, 0.1) is 0 Å². The highest BCUT2D eigenvalue weighted by atomic mass is 16.6. The van der Waals surface area contributed by atoms with Crippen LogP contribution in [0.25, 0.3) is 0 Å². The molecule has 30 heavy (non-hydrogen) atoms. The Bertz CT molecular complexity index is 683. The zero-order valence-corrected chi connectivity index (χ0v) is 19.6. The predicted molar refractivity (Wildman–Crippen MR) is 120 cm³/mol. The third kappa shape index (κ3) is 6.73. The Balaban J connectivity index is 2.08. The molecule has 168 valence electrons. The number of nitrogens with zero attached hydrogens (tertiary/aromatic N) is 3. The summed E-state index contributed by atoms with van der Waals surface area (Å²) in [5.41, 5.74) is 0.534. The summed E-state index contributed by atoms with van der Waals surface area (Å²) >= 11 is 0. The van der Waals surface area contributed by atoms with Crippen LogP contribution >= 0.6 is 0 Å². The molecule has 1 aromatic carbocycles. The predicted octanol–water partition coefficient (Wildman–Crippen LogP) is 4.18. The molecule has 1 aliphatic rings. The van der Waals surface area contributed by atoms with Crippen molar-refractivity contribution in [2.45, 2.75) is 59.1 Å². The molecule has 2 rings (SSSR count). The summed E-state index contributed by atoms with van der Waals surface area (Å²) in [4.78, 5) is 31.8. The van der Waals surface area contributed by atoms with Crippen molar-refractivity contribution in [1.82, 2.24) is 14.7 Å². The van der Waals surface area contributed by atoms with Crippen LogP contribution in [0.5, 0.6) is 0 Å². The van der Waals surface area contributed by atoms with Crippen LogP contribution in [0.15, 0.2) is 30.3 Å². The summed E-state index contributed by atoms with van der Waals surface area (Å²) in [6.45, 7) is 13.5. The standard InChI is InChI=1S/C24H39N3O3/c1-7-26(8-2)21(20-14-10-9-11-15-20)22(28)27-16-12-13-19(18-27)17-25(6)23(29)30-24(3,4)5/h9-11,14-15,19,21H,7-8,12-13,16-18H2,1-6H3. The molecule has 1 aliphatic heterocycles. The normalized spacial score (nSPS) is 18.2. The second kappa shape index (κ2) is 10.8. The monoisotopic (exact) mass is 417 g/mol. The lowest BCUT2D eigenvalue weighted by molar-refractivity contribution is -0.139. The van der Waals surface area contributed by atoms with Crippen molar-refractivity contribution in [2.75, 3.05) is 39.8 Å². The largest absolute Gasteiger partial charge is 0.444 e. The molecule has 1 heterocycles. The summed E-state index contributed by atoms with van der Waals surface area (Å²) in [7, 11) is 1.78. The molecule has 1 fully saturated rings. The van der Waals surface area contributed by atoms with Crippen LogP contribution in [-0.2, 0) is 9.53 Å². The number of carbonyl (C=O) groups is 2. The summed E-state index contributed by atoms with van der Waals surface area (Å²) in [5, 5.41) is 0. The second-order valence-electron chi connectivity index (χ2n) is 9.19. The lowest BCUT2D eigenvalue weighted by Crippen LogP contribution is -2.49. The third-order valence-electron chi connectivity index (χ3n) is 5.59. The van der Waals surface area contributed by atoms with Crippen molar-refractivity contribution in [3.63, 3.8) is 0 Å². The molecule has 2 atom stereocenters. The molecule has 0 aromatic heterocycles. The number of rotatable bonds is 7. The quantitative estimate of drug-likeness (QED) is 0.668. The lowest BCUT2D eigenvalue weighted by Gasteiger charge is -2.39. The first-order valence-electron chi connectivity index (χ1n) is 11.2. The number of ether oxygens (including phenoxy) is 1. The molecule has 6 heteroatoms. The van der Waals surface area contributed by atoms with E-state index in [1.807, 2.05) is 56.0 Å². The minimum absolute atomic E-state index is 0.162. The Morgan fingerprint density at radius 3 is 2.37 bits per heavy atom. The highest BCUT2D eigenvalue weighted by Crippen LogP contribution is 2.26. The maximum atomic E-state index is 13.6. The van der Waals surface area contributed by atoms with E-state index in [9.17, 15) is 9.59 Å². The van der Waals surface area contributed by atoms with E-state index in [2.05, 4.69) is 18.7 Å². The lowest BCUT2D eigenvalue weighted by atomic mass is 9.95. The van der Waals surface area contributed by atoms with Gasteiger partial charge in [-0.2, -0.15) is 0 Å². The van der Waals surface area contributed by atoms with Crippen molar-refractivity contribution in [2.24, 2.45) is 5.92 Å². The number of amides is 2. The van der Waals surface area contributed by atoms with Crippen LogP contribution in [0, 0.1) is 5.92 Å². The average Bonchev–Trinajstić information content (AvgIpc) is 2.71. The van der Waals surface area contributed by atoms with Gasteiger partial charge in [0.15, 0.2) is 0 Å². The first-order valence-corrected chi connectivity index (χ1v) is 11.2. The zero-order valence-electron chi connectivity index (χ0n) is 19.6. The number of likely N-dealkylation sites (N-methyl/N-ethyl adjacent to an activating group) is 1. The van der Waals surface area contributed by atoms with E-state index >= 15 is 0 Å². The highest BCUT2D eigenvalue weighted by molar-refractivity contribution is 5.83. The van der Waals surface area contributed by atoms with E-state index in [0.717, 1.165) is 38.0 Å². The molecule has 0 saturated carbocycles. The van der Waals surface area contributed by atoms with Gasteiger partial charge in [0.2, 0.25) is 5.91 Å². The Kier molecular flexibility index (Phi) is 8.71. The molecular formula is C24H39N3O3. The van der Waals surface area contributed by atoms with Crippen LogP contribution in [0.3, 0.4) is 0 Å². The number of hydrogen-bond donors (Lipinski definition) is 0. The summed E-state index contributed by atoms with van der Waals surface area (Å²) in [6, 6.07) is 9.79. The Hall–Kier alpha value is -2.08. The van der Waals surface area contributed by atoms with Gasteiger partial charge in [-0.1, -0.05) is 44.2 Å². The smallest absolute Gasteiger partial charge is 0.410 e. The SMILES string of the molecule is CCN(CC)C(C(=O)N1CCCC(CN(C)C(=O)OC(C)(C)C)C1)c1ccccc1. The average molecular weight is 418 g/mol. The van der Waals surface area contributed by atoms with Gasteiger partial charge in [0.25, 0.3) is 0 Å².